The molecule has 0 aliphatic carbocycles. The summed E-state index contributed by atoms with van der Waals surface area (Å²) < 4.78 is 7.16. The first-order valence-electron chi connectivity index (χ1n) is 15.1. The molecule has 2 aliphatic heterocycles. The summed E-state index contributed by atoms with van der Waals surface area (Å²) in [6.07, 6.45) is 6.26. The molecule has 0 N–H and O–H groups in total. The van der Waals surface area contributed by atoms with Crippen LogP contribution in [0.25, 0.3) is 66.4 Å². The highest BCUT2D eigenvalue weighted by molar-refractivity contribution is 6.22. The molecule has 0 saturated carbocycles. The third kappa shape index (κ3) is 2.97. The molecule has 0 bridgehead atoms. The molecule has 7 heterocycles. The molecule has 0 radical (unpaired) electrons. The van der Waals surface area contributed by atoms with Crippen LogP contribution in [0, 0.1) is 0 Å². The summed E-state index contributed by atoms with van der Waals surface area (Å²) in [6.45, 7) is 4.81. The molecule has 2 atom stereocenters. The smallest absolute Gasteiger partial charge is 0.249 e. The highest BCUT2D eigenvalue weighted by atomic mass is 15.1. The molecule has 0 fully saturated rings. The predicted octanol–water partition coefficient (Wildman–Crippen LogP) is 7.90. The van der Waals surface area contributed by atoms with Crippen LogP contribution in [0.15, 0.2) is 128 Å². The van der Waals surface area contributed by atoms with E-state index in [0.29, 0.717) is 0 Å². The molecule has 0 amide bonds. The minimum absolute atomic E-state index is 0.0900. The number of fused-ring (bicyclic) bond motifs is 15. The second-order valence-corrected chi connectivity index (χ2v) is 12.0. The monoisotopic (exact) mass is 552 g/mol. The lowest BCUT2D eigenvalue weighted by Crippen LogP contribution is -2.53. The van der Waals surface area contributed by atoms with Crippen LogP contribution < -0.4 is 9.13 Å². The third-order valence-electron chi connectivity index (χ3n) is 9.96. The molecule has 3 aromatic carbocycles. The molecule has 0 saturated heterocycles. The Morgan fingerprint density at radius 3 is 2.37 bits per heavy atom. The SMILES string of the molecule is C=C1C2C(CCc3nc4c(cc3-c3cccc[n+]31)c1cccc3c5ccccc5n4c31)c1ccccc1-c1cccc[n+]12. The van der Waals surface area contributed by atoms with E-state index in [1.54, 1.807) is 0 Å². The van der Waals surface area contributed by atoms with Gasteiger partial charge >= 0.3 is 0 Å². The minimum Gasteiger partial charge on any atom is -0.293 e. The van der Waals surface area contributed by atoms with Crippen molar-refractivity contribution in [3.05, 3.63) is 139 Å². The van der Waals surface area contributed by atoms with E-state index in [0.717, 1.165) is 35.6 Å². The maximum absolute atomic E-state index is 5.57. The second kappa shape index (κ2) is 8.36. The number of hydrogen-bond acceptors (Lipinski definition) is 1. The Morgan fingerprint density at radius 1 is 0.698 bits per heavy atom. The summed E-state index contributed by atoms with van der Waals surface area (Å²) in [7, 11) is 0. The van der Waals surface area contributed by atoms with E-state index >= 15 is 0 Å². The van der Waals surface area contributed by atoms with Crippen LogP contribution in [0.1, 0.15) is 29.6 Å². The van der Waals surface area contributed by atoms with Gasteiger partial charge in [0.2, 0.25) is 23.1 Å². The Bertz CT molecular complexity index is 2450. The average Bonchev–Trinajstić information content (AvgIpc) is 3.59. The molecule has 2 aliphatic rings. The fourth-order valence-electron chi connectivity index (χ4n) is 8.18. The van der Waals surface area contributed by atoms with Crippen molar-refractivity contribution in [3.63, 3.8) is 0 Å². The van der Waals surface area contributed by atoms with Crippen LogP contribution in [-0.4, -0.2) is 9.38 Å². The topological polar surface area (TPSA) is 25.1 Å². The summed E-state index contributed by atoms with van der Waals surface area (Å²) in [4.78, 5) is 5.57. The third-order valence-corrected chi connectivity index (χ3v) is 9.96. The number of aryl methyl sites for hydroxylation is 1. The molecule has 2 unspecified atom stereocenters. The molecule has 4 heteroatoms. The van der Waals surface area contributed by atoms with E-state index in [2.05, 4.69) is 135 Å². The van der Waals surface area contributed by atoms with Crippen LogP contribution in [0.5, 0.6) is 0 Å². The zero-order chi connectivity index (χ0) is 28.2. The van der Waals surface area contributed by atoms with Gasteiger partial charge in [0.1, 0.15) is 5.65 Å². The number of nitrogens with zero attached hydrogens (tertiary/aromatic N) is 4. The minimum atomic E-state index is 0.0900. The molecule has 0 spiro atoms. The lowest BCUT2D eigenvalue weighted by atomic mass is 9.79. The van der Waals surface area contributed by atoms with Crippen LogP contribution >= 0.6 is 0 Å². The molecule has 5 aromatic heterocycles. The van der Waals surface area contributed by atoms with Gasteiger partial charge in [-0.3, -0.25) is 4.40 Å². The first-order chi connectivity index (χ1) is 21.3. The van der Waals surface area contributed by atoms with Gasteiger partial charge in [-0.25, -0.2) is 4.98 Å². The Morgan fingerprint density at radius 2 is 1.44 bits per heavy atom. The Balaban J connectivity index is 1.28. The summed E-state index contributed by atoms with van der Waals surface area (Å²) in [5.74, 6) is 0.265. The fraction of sp³-hybridized carbons (Fsp3) is 0.103. The van der Waals surface area contributed by atoms with Gasteiger partial charge in [-0.05, 0) is 55.3 Å². The maximum Gasteiger partial charge on any atom is 0.249 e. The molecule has 202 valence electrons. The van der Waals surface area contributed by atoms with Gasteiger partial charge in [-0.2, -0.15) is 9.13 Å². The number of aromatic nitrogens is 4. The Kier molecular flexibility index (Phi) is 4.52. The fourth-order valence-corrected chi connectivity index (χ4v) is 8.18. The van der Waals surface area contributed by atoms with Gasteiger partial charge in [0, 0.05) is 51.4 Å². The van der Waals surface area contributed by atoms with Crippen molar-refractivity contribution in [2.45, 2.75) is 24.8 Å². The quantitative estimate of drug-likeness (QED) is 0.176. The lowest BCUT2D eigenvalue weighted by molar-refractivity contribution is -0.727. The predicted molar refractivity (Wildman–Crippen MR) is 172 cm³/mol. The highest BCUT2D eigenvalue weighted by Gasteiger charge is 2.46. The number of rotatable bonds is 0. The van der Waals surface area contributed by atoms with Crippen molar-refractivity contribution < 1.29 is 9.13 Å². The number of hydrogen-bond donors (Lipinski definition) is 0. The van der Waals surface area contributed by atoms with Crippen molar-refractivity contribution in [3.8, 4) is 22.5 Å². The number of allylic oxidation sites excluding steroid dienone is 1. The first-order valence-corrected chi connectivity index (χ1v) is 15.1. The van der Waals surface area contributed by atoms with Crippen molar-refractivity contribution in [1.29, 1.82) is 0 Å². The Hall–Kier alpha value is -5.35. The van der Waals surface area contributed by atoms with Gasteiger partial charge in [0.15, 0.2) is 12.4 Å². The Labute approximate surface area is 248 Å². The number of para-hydroxylation sites is 2. The van der Waals surface area contributed by atoms with Crippen LogP contribution in [0.3, 0.4) is 0 Å². The number of pyridine rings is 3. The van der Waals surface area contributed by atoms with Crippen LogP contribution in [0.2, 0.25) is 0 Å². The van der Waals surface area contributed by atoms with Gasteiger partial charge in [-0.1, -0.05) is 54.6 Å². The van der Waals surface area contributed by atoms with Gasteiger partial charge < -0.3 is 0 Å². The highest BCUT2D eigenvalue weighted by Crippen LogP contribution is 2.45. The van der Waals surface area contributed by atoms with Crippen LogP contribution in [-0.2, 0) is 6.42 Å². The van der Waals surface area contributed by atoms with Gasteiger partial charge in [0.05, 0.1) is 28.2 Å². The van der Waals surface area contributed by atoms with Crippen molar-refractivity contribution in [2.24, 2.45) is 0 Å². The van der Waals surface area contributed by atoms with Crippen molar-refractivity contribution >= 4 is 43.9 Å². The van der Waals surface area contributed by atoms with E-state index in [4.69, 9.17) is 11.6 Å². The molecular weight excluding hydrogens is 524 g/mol. The normalized spacial score (nSPS) is 17.6. The molecule has 43 heavy (non-hydrogen) atoms. The molecule has 8 aromatic rings. The van der Waals surface area contributed by atoms with Gasteiger partial charge in [0.25, 0.3) is 0 Å². The maximum atomic E-state index is 5.57. The largest absolute Gasteiger partial charge is 0.293 e. The van der Waals surface area contributed by atoms with E-state index in [9.17, 15) is 0 Å². The second-order valence-electron chi connectivity index (χ2n) is 12.0. The molecule has 4 nitrogen and oxygen atoms in total. The van der Waals surface area contributed by atoms with Crippen LogP contribution in [0.4, 0.5) is 0 Å². The zero-order valence-corrected chi connectivity index (χ0v) is 23.6. The summed E-state index contributed by atoms with van der Waals surface area (Å²) in [5, 5.41) is 5.03. The van der Waals surface area contributed by atoms with Crippen molar-refractivity contribution in [1.82, 2.24) is 9.38 Å². The average molecular weight is 553 g/mol. The van der Waals surface area contributed by atoms with E-state index in [1.807, 2.05) is 0 Å². The number of benzene rings is 3. The van der Waals surface area contributed by atoms with Crippen molar-refractivity contribution in [2.75, 3.05) is 0 Å². The van der Waals surface area contributed by atoms with E-state index in [1.165, 1.54) is 55.0 Å². The summed E-state index contributed by atoms with van der Waals surface area (Å²) in [6, 6.07) is 39.9. The zero-order valence-electron chi connectivity index (χ0n) is 23.6. The first kappa shape index (κ1) is 23.2. The van der Waals surface area contributed by atoms with Gasteiger partial charge in [-0.15, -0.1) is 0 Å². The lowest BCUT2D eigenvalue weighted by Gasteiger charge is -2.29. The summed E-state index contributed by atoms with van der Waals surface area (Å²) in [5.41, 5.74) is 12.0. The van der Waals surface area contributed by atoms with E-state index in [-0.39, 0.29) is 12.0 Å². The molecular formula is C39H28N4+2. The standard InChI is InChI=1S/C39H28N4/c1-24-37-30(25-11-2-3-12-26(25)34-16-7-9-22-42(34)37)19-20-33-32(35-17-6-8-21-41(24)35)23-31-29-15-10-14-28-27-13-4-5-18-36(27)43(38(28)29)39(31)40-33/h2-18,21-23,30,37H,1,19-20H2/q+2. The molecule has 10 rings (SSSR count). The summed E-state index contributed by atoms with van der Waals surface area (Å²) >= 11 is 0. The van der Waals surface area contributed by atoms with E-state index < -0.39 is 0 Å².